The van der Waals surface area contributed by atoms with E-state index >= 15 is 0 Å². The molecule has 3 aromatic rings. The van der Waals surface area contributed by atoms with E-state index in [0.29, 0.717) is 19.3 Å². The molecule has 0 aliphatic carbocycles. The van der Waals surface area contributed by atoms with Gasteiger partial charge in [0.1, 0.15) is 22.8 Å². The number of aliphatic hydroxyl groups is 1. The fourth-order valence-corrected chi connectivity index (χ4v) is 5.27. The number of ketones is 1. The van der Waals surface area contributed by atoms with Crippen molar-refractivity contribution >= 4 is 23.9 Å². The molecule has 2 aliphatic rings. The Balaban J connectivity index is 1.54. The van der Waals surface area contributed by atoms with Gasteiger partial charge in [-0.2, -0.15) is 0 Å². The number of carbonyl (C=O) groups excluding carboxylic acids is 2. The predicted molar refractivity (Wildman–Crippen MR) is 146 cm³/mol. The molecule has 3 aromatic carbocycles. The van der Waals surface area contributed by atoms with Crippen LogP contribution in [0.1, 0.15) is 65.1 Å². The first-order chi connectivity index (χ1) is 18.8. The highest BCUT2D eigenvalue weighted by Gasteiger charge is 2.42. The van der Waals surface area contributed by atoms with Crippen molar-refractivity contribution in [3.8, 4) is 17.2 Å². The van der Waals surface area contributed by atoms with Gasteiger partial charge in [-0.25, -0.2) is 0 Å². The van der Waals surface area contributed by atoms with Gasteiger partial charge < -0.3 is 24.8 Å². The lowest BCUT2D eigenvalue weighted by Crippen LogP contribution is -2.42. The van der Waals surface area contributed by atoms with Crippen LogP contribution in [0.5, 0.6) is 17.2 Å². The second-order valence-corrected chi connectivity index (χ2v) is 9.97. The Hall–Kier alpha value is -4.20. The van der Waals surface area contributed by atoms with Crippen molar-refractivity contribution in [3.63, 3.8) is 0 Å². The van der Waals surface area contributed by atoms with Crippen LogP contribution in [0.25, 0.3) is 12.2 Å². The second kappa shape index (κ2) is 11.3. The summed E-state index contributed by atoms with van der Waals surface area (Å²) in [5.41, 5.74) is 1.56. The molecule has 200 valence electrons. The molecule has 1 fully saturated rings. The van der Waals surface area contributed by atoms with Gasteiger partial charge in [-0.3, -0.25) is 9.59 Å². The number of benzene rings is 3. The van der Waals surface area contributed by atoms with Crippen molar-refractivity contribution in [3.05, 3.63) is 101 Å². The number of hydrogen-bond acceptors (Lipinski definition) is 7. The highest BCUT2D eigenvalue weighted by atomic mass is 16.6. The number of phenols is 2. The lowest BCUT2D eigenvalue weighted by atomic mass is 9.80. The number of fused-ring (bicyclic) bond motifs is 4. The molecule has 1 saturated heterocycles. The number of phenolic OH excluding ortho intramolecular Hbond substituents is 2. The van der Waals surface area contributed by atoms with Crippen molar-refractivity contribution in [2.45, 2.75) is 49.9 Å². The minimum Gasteiger partial charge on any atom is -0.507 e. The molecule has 5 rings (SSSR count). The van der Waals surface area contributed by atoms with E-state index < -0.39 is 41.1 Å². The molecule has 0 amide bonds. The fourth-order valence-electron chi connectivity index (χ4n) is 5.27. The summed E-state index contributed by atoms with van der Waals surface area (Å²) in [5.74, 6) is -4.31. The molecule has 2 bridgehead atoms. The maximum absolute atomic E-state index is 13.1. The average Bonchev–Trinajstić information content (AvgIpc) is 2.91. The molecule has 3 unspecified atom stereocenters. The maximum Gasteiger partial charge on any atom is 0.311 e. The molecule has 39 heavy (non-hydrogen) atoms. The number of esters is 1. The number of rotatable bonds is 5. The highest BCUT2D eigenvalue weighted by Crippen LogP contribution is 2.50. The van der Waals surface area contributed by atoms with Crippen LogP contribution in [-0.4, -0.2) is 39.0 Å². The summed E-state index contributed by atoms with van der Waals surface area (Å²) in [6, 6.07) is 19.9. The van der Waals surface area contributed by atoms with Crippen LogP contribution >= 0.6 is 0 Å². The van der Waals surface area contributed by atoms with Crippen LogP contribution in [-0.2, 0) is 9.53 Å². The van der Waals surface area contributed by atoms with Crippen molar-refractivity contribution in [1.29, 1.82) is 0 Å². The molecular weight excluding hydrogens is 496 g/mol. The van der Waals surface area contributed by atoms with E-state index in [4.69, 9.17) is 9.47 Å². The summed E-state index contributed by atoms with van der Waals surface area (Å²) >= 11 is 0. The lowest BCUT2D eigenvalue weighted by Gasteiger charge is -2.41. The van der Waals surface area contributed by atoms with Crippen LogP contribution in [0.2, 0.25) is 0 Å². The van der Waals surface area contributed by atoms with Crippen LogP contribution < -0.4 is 4.74 Å². The number of carbonyl (C=O) groups is 2. The SMILES string of the molecule is O=C1CCCC2CC(CC(O)(C=Cc3ccccc3)O2)c2c(cc(O)c(C(=O)/C=C/c3ccccc3)c2O)O1. The van der Waals surface area contributed by atoms with E-state index in [9.17, 15) is 24.9 Å². The molecular formula is C32H30O7. The Bertz CT molecular complexity index is 1410. The van der Waals surface area contributed by atoms with Gasteiger partial charge >= 0.3 is 5.97 Å². The molecule has 3 atom stereocenters. The lowest BCUT2D eigenvalue weighted by molar-refractivity contribution is -0.227. The Kier molecular flexibility index (Phi) is 7.63. The smallest absolute Gasteiger partial charge is 0.311 e. The van der Waals surface area contributed by atoms with Gasteiger partial charge in [0.25, 0.3) is 0 Å². The Morgan fingerprint density at radius 2 is 1.64 bits per heavy atom. The minimum absolute atomic E-state index is 0.0273. The third kappa shape index (κ3) is 6.11. The van der Waals surface area contributed by atoms with Crippen LogP contribution in [0.4, 0.5) is 0 Å². The van der Waals surface area contributed by atoms with Crippen LogP contribution in [0, 0.1) is 0 Å². The third-order valence-corrected chi connectivity index (χ3v) is 7.09. The zero-order valence-electron chi connectivity index (χ0n) is 21.3. The van der Waals surface area contributed by atoms with Crippen molar-refractivity contribution in [1.82, 2.24) is 0 Å². The van der Waals surface area contributed by atoms with E-state index in [-0.39, 0.29) is 29.7 Å². The molecule has 0 radical (unpaired) electrons. The summed E-state index contributed by atoms with van der Waals surface area (Å²) in [6.45, 7) is 0. The Labute approximate surface area is 226 Å². The van der Waals surface area contributed by atoms with E-state index in [1.807, 2.05) is 60.7 Å². The summed E-state index contributed by atoms with van der Waals surface area (Å²) < 4.78 is 11.6. The van der Waals surface area contributed by atoms with Gasteiger partial charge in [0.05, 0.1) is 6.10 Å². The zero-order chi connectivity index (χ0) is 27.4. The summed E-state index contributed by atoms with van der Waals surface area (Å²) in [7, 11) is 0. The second-order valence-electron chi connectivity index (χ2n) is 9.97. The average molecular weight is 527 g/mol. The highest BCUT2D eigenvalue weighted by molar-refractivity contribution is 6.11. The first-order valence-corrected chi connectivity index (χ1v) is 13.0. The molecule has 7 nitrogen and oxygen atoms in total. The largest absolute Gasteiger partial charge is 0.507 e. The predicted octanol–water partition coefficient (Wildman–Crippen LogP) is 5.75. The maximum atomic E-state index is 13.1. The summed E-state index contributed by atoms with van der Waals surface area (Å²) in [6.07, 6.45) is 7.38. The van der Waals surface area contributed by atoms with Gasteiger partial charge in [-0.1, -0.05) is 72.8 Å². The first-order valence-electron chi connectivity index (χ1n) is 13.0. The summed E-state index contributed by atoms with van der Waals surface area (Å²) in [4.78, 5) is 25.7. The number of aromatic hydroxyl groups is 2. The van der Waals surface area contributed by atoms with E-state index in [1.165, 1.54) is 12.1 Å². The van der Waals surface area contributed by atoms with Gasteiger partial charge in [-0.05, 0) is 48.5 Å². The number of ether oxygens (including phenoxy) is 2. The molecule has 2 heterocycles. The molecule has 0 saturated carbocycles. The van der Waals surface area contributed by atoms with Gasteiger partial charge in [0.2, 0.25) is 0 Å². The van der Waals surface area contributed by atoms with Gasteiger partial charge in [0.15, 0.2) is 11.6 Å². The Morgan fingerprint density at radius 1 is 0.974 bits per heavy atom. The summed E-state index contributed by atoms with van der Waals surface area (Å²) in [5, 5.41) is 33.6. The van der Waals surface area contributed by atoms with Gasteiger partial charge in [0, 0.05) is 24.5 Å². The molecule has 0 spiro atoms. The topological polar surface area (TPSA) is 113 Å². The molecule has 7 heteroatoms. The zero-order valence-corrected chi connectivity index (χ0v) is 21.3. The number of hydrogen-bond donors (Lipinski definition) is 3. The normalized spacial score (nSPS) is 23.4. The van der Waals surface area contributed by atoms with E-state index in [0.717, 1.165) is 11.1 Å². The quantitative estimate of drug-likeness (QED) is 0.168. The van der Waals surface area contributed by atoms with Crippen LogP contribution in [0.3, 0.4) is 0 Å². The molecule has 2 aliphatic heterocycles. The molecule has 0 aromatic heterocycles. The minimum atomic E-state index is -1.66. The van der Waals surface area contributed by atoms with Gasteiger partial charge in [-0.15, -0.1) is 0 Å². The standard InChI is InChI=1S/C32H30O7/c33-25(15-14-21-8-3-1-4-9-21)30-26(34)19-27-29(31(30)36)23-18-24(12-7-13-28(35)38-27)39-32(37,20-23)17-16-22-10-5-2-6-11-22/h1-6,8-11,14-17,19,23-24,34,36-37H,7,12-13,18,20H2/b15-14+,17-16?. The Morgan fingerprint density at radius 3 is 2.33 bits per heavy atom. The number of allylic oxidation sites excluding steroid dienone is 1. The van der Waals surface area contributed by atoms with Crippen molar-refractivity contribution in [2.24, 2.45) is 0 Å². The van der Waals surface area contributed by atoms with E-state index in [2.05, 4.69) is 0 Å². The van der Waals surface area contributed by atoms with Crippen LogP contribution in [0.15, 0.2) is 78.9 Å². The fraction of sp³-hybridized carbons (Fsp3) is 0.250. The third-order valence-electron chi connectivity index (χ3n) is 7.09. The molecule has 3 N–H and O–H groups in total. The van der Waals surface area contributed by atoms with E-state index in [1.54, 1.807) is 18.2 Å². The monoisotopic (exact) mass is 526 g/mol. The van der Waals surface area contributed by atoms with Crippen molar-refractivity contribution < 1.29 is 34.4 Å². The first kappa shape index (κ1) is 26.4. The van der Waals surface area contributed by atoms with Crippen molar-refractivity contribution in [2.75, 3.05) is 0 Å².